The molecular formula is C9H14O4. The van der Waals surface area contributed by atoms with Gasteiger partial charge in [0.25, 0.3) is 0 Å². The van der Waals surface area contributed by atoms with Crippen LogP contribution in [0.5, 0.6) is 0 Å². The lowest BCUT2D eigenvalue weighted by molar-refractivity contribution is -0.143. The normalized spacial score (nSPS) is 27.5. The van der Waals surface area contributed by atoms with Gasteiger partial charge in [-0.2, -0.15) is 0 Å². The highest BCUT2D eigenvalue weighted by Crippen LogP contribution is 2.27. The van der Waals surface area contributed by atoms with Gasteiger partial charge in [0, 0.05) is 13.0 Å². The first-order chi connectivity index (χ1) is 6.04. The van der Waals surface area contributed by atoms with E-state index in [0.717, 1.165) is 6.42 Å². The van der Waals surface area contributed by atoms with Crippen molar-refractivity contribution in [2.24, 2.45) is 0 Å². The number of hydrogen-bond donors (Lipinski definition) is 1. The fourth-order valence-electron chi connectivity index (χ4n) is 1.48. The van der Waals surface area contributed by atoms with E-state index < -0.39 is 11.6 Å². The van der Waals surface area contributed by atoms with Crippen LogP contribution in [0.2, 0.25) is 0 Å². The third kappa shape index (κ3) is 2.52. The van der Waals surface area contributed by atoms with Gasteiger partial charge in [-0.05, 0) is 19.8 Å². The van der Waals surface area contributed by atoms with E-state index in [1.165, 1.54) is 0 Å². The Morgan fingerprint density at radius 3 is 2.62 bits per heavy atom. The van der Waals surface area contributed by atoms with Gasteiger partial charge in [0.15, 0.2) is 5.78 Å². The SMILES string of the molecule is CC1(C(=O)CCC(=O)O)CCCO1. The molecule has 1 unspecified atom stereocenters. The minimum absolute atomic E-state index is 0.0752. The van der Waals surface area contributed by atoms with Gasteiger partial charge in [0.2, 0.25) is 0 Å². The molecule has 1 atom stereocenters. The number of Topliss-reactive ketones (excluding diaryl/α,β-unsaturated/α-hetero) is 1. The summed E-state index contributed by atoms with van der Waals surface area (Å²) in [6.45, 7) is 2.35. The number of aliphatic carboxylic acids is 1. The molecule has 13 heavy (non-hydrogen) atoms. The first-order valence-electron chi connectivity index (χ1n) is 4.44. The van der Waals surface area contributed by atoms with Crippen LogP contribution >= 0.6 is 0 Å². The smallest absolute Gasteiger partial charge is 0.303 e. The molecule has 74 valence electrons. The van der Waals surface area contributed by atoms with Crippen LogP contribution in [0.3, 0.4) is 0 Å². The molecule has 0 aliphatic carbocycles. The maximum Gasteiger partial charge on any atom is 0.303 e. The van der Waals surface area contributed by atoms with Crippen molar-refractivity contribution in [2.75, 3.05) is 6.61 Å². The highest BCUT2D eigenvalue weighted by atomic mass is 16.5. The van der Waals surface area contributed by atoms with E-state index in [1.807, 2.05) is 0 Å². The van der Waals surface area contributed by atoms with Gasteiger partial charge >= 0.3 is 5.97 Å². The van der Waals surface area contributed by atoms with E-state index in [2.05, 4.69) is 0 Å². The second kappa shape index (κ2) is 3.87. The summed E-state index contributed by atoms with van der Waals surface area (Å²) < 4.78 is 5.29. The average molecular weight is 186 g/mol. The number of ether oxygens (including phenoxy) is 1. The lowest BCUT2D eigenvalue weighted by Crippen LogP contribution is -2.34. The third-order valence-corrected chi connectivity index (χ3v) is 2.37. The molecule has 1 rings (SSSR count). The molecule has 0 aromatic carbocycles. The molecule has 1 saturated heterocycles. The molecule has 0 saturated carbocycles. The predicted molar refractivity (Wildman–Crippen MR) is 45.5 cm³/mol. The lowest BCUT2D eigenvalue weighted by atomic mass is 9.94. The number of carboxylic acids is 1. The first kappa shape index (κ1) is 10.2. The fraction of sp³-hybridized carbons (Fsp3) is 0.778. The zero-order valence-electron chi connectivity index (χ0n) is 7.71. The summed E-state index contributed by atoms with van der Waals surface area (Å²) in [5, 5.41) is 8.40. The van der Waals surface area contributed by atoms with Crippen molar-refractivity contribution < 1.29 is 19.4 Å². The van der Waals surface area contributed by atoms with Crippen molar-refractivity contribution in [3.8, 4) is 0 Å². The van der Waals surface area contributed by atoms with E-state index in [9.17, 15) is 9.59 Å². The van der Waals surface area contributed by atoms with Gasteiger partial charge in [0.05, 0.1) is 6.42 Å². The Kier molecular flexibility index (Phi) is 3.03. The van der Waals surface area contributed by atoms with Crippen molar-refractivity contribution in [1.29, 1.82) is 0 Å². The van der Waals surface area contributed by atoms with E-state index in [0.29, 0.717) is 13.0 Å². The largest absolute Gasteiger partial charge is 0.481 e. The van der Waals surface area contributed by atoms with E-state index in [4.69, 9.17) is 9.84 Å². The molecule has 0 spiro atoms. The first-order valence-corrected chi connectivity index (χ1v) is 4.44. The maximum absolute atomic E-state index is 11.5. The Morgan fingerprint density at radius 1 is 1.46 bits per heavy atom. The number of rotatable bonds is 4. The molecular weight excluding hydrogens is 172 g/mol. The molecule has 1 aliphatic rings. The van der Waals surface area contributed by atoms with Crippen LogP contribution in [-0.2, 0) is 14.3 Å². The summed E-state index contributed by atoms with van der Waals surface area (Å²) in [6.07, 6.45) is 1.57. The van der Waals surface area contributed by atoms with Gasteiger partial charge in [-0.25, -0.2) is 0 Å². The van der Waals surface area contributed by atoms with Crippen LogP contribution in [0.25, 0.3) is 0 Å². The summed E-state index contributed by atoms with van der Waals surface area (Å²) in [6, 6.07) is 0. The van der Waals surface area contributed by atoms with Crippen molar-refractivity contribution in [2.45, 2.75) is 38.2 Å². The summed E-state index contributed by atoms with van der Waals surface area (Å²) in [5.41, 5.74) is -0.713. The average Bonchev–Trinajstić information content (AvgIpc) is 2.49. The Bertz CT molecular complexity index is 216. The molecule has 0 amide bonds. The van der Waals surface area contributed by atoms with Crippen LogP contribution in [-0.4, -0.2) is 29.1 Å². The Morgan fingerprint density at radius 2 is 2.15 bits per heavy atom. The van der Waals surface area contributed by atoms with Crippen molar-refractivity contribution >= 4 is 11.8 Å². The van der Waals surface area contributed by atoms with Crippen molar-refractivity contribution in [3.63, 3.8) is 0 Å². The number of hydrogen-bond acceptors (Lipinski definition) is 3. The molecule has 1 fully saturated rings. The zero-order chi connectivity index (χ0) is 9.90. The zero-order valence-corrected chi connectivity index (χ0v) is 7.71. The minimum Gasteiger partial charge on any atom is -0.481 e. The highest BCUT2D eigenvalue weighted by molar-refractivity contribution is 5.89. The Hall–Kier alpha value is -0.900. The van der Waals surface area contributed by atoms with Crippen LogP contribution in [0.15, 0.2) is 0 Å². The second-order valence-electron chi connectivity index (χ2n) is 3.50. The molecule has 1 aliphatic heterocycles. The molecule has 4 nitrogen and oxygen atoms in total. The molecule has 0 aromatic rings. The second-order valence-corrected chi connectivity index (χ2v) is 3.50. The van der Waals surface area contributed by atoms with Crippen LogP contribution < -0.4 is 0 Å². The maximum atomic E-state index is 11.5. The minimum atomic E-state index is -0.935. The van der Waals surface area contributed by atoms with Gasteiger partial charge < -0.3 is 9.84 Å². The van der Waals surface area contributed by atoms with Crippen molar-refractivity contribution in [1.82, 2.24) is 0 Å². The van der Waals surface area contributed by atoms with Crippen LogP contribution in [0.1, 0.15) is 32.6 Å². The monoisotopic (exact) mass is 186 g/mol. The predicted octanol–water partition coefficient (Wildman–Crippen LogP) is 0.989. The molecule has 0 aromatic heterocycles. The highest BCUT2D eigenvalue weighted by Gasteiger charge is 2.36. The number of carbonyl (C=O) groups is 2. The van der Waals surface area contributed by atoms with E-state index >= 15 is 0 Å². The summed E-state index contributed by atoms with van der Waals surface area (Å²) in [5.74, 6) is -1.03. The van der Waals surface area contributed by atoms with E-state index in [-0.39, 0.29) is 18.6 Å². The van der Waals surface area contributed by atoms with Gasteiger partial charge in [-0.1, -0.05) is 0 Å². The van der Waals surface area contributed by atoms with Gasteiger partial charge in [-0.15, -0.1) is 0 Å². The Labute approximate surface area is 76.9 Å². The summed E-state index contributed by atoms with van der Waals surface area (Å²) >= 11 is 0. The lowest BCUT2D eigenvalue weighted by Gasteiger charge is -2.20. The topological polar surface area (TPSA) is 63.6 Å². The number of ketones is 1. The molecule has 0 radical (unpaired) electrons. The fourth-order valence-corrected chi connectivity index (χ4v) is 1.48. The third-order valence-electron chi connectivity index (χ3n) is 2.37. The molecule has 1 N–H and O–H groups in total. The molecule has 1 heterocycles. The van der Waals surface area contributed by atoms with Crippen LogP contribution in [0, 0.1) is 0 Å². The van der Waals surface area contributed by atoms with Gasteiger partial charge in [-0.3, -0.25) is 9.59 Å². The van der Waals surface area contributed by atoms with E-state index in [1.54, 1.807) is 6.92 Å². The Balaban J connectivity index is 2.42. The number of carboxylic acid groups (broad SMARTS) is 1. The number of carbonyl (C=O) groups excluding carboxylic acids is 1. The summed E-state index contributed by atoms with van der Waals surface area (Å²) in [7, 11) is 0. The molecule has 4 heteroatoms. The summed E-state index contributed by atoms with van der Waals surface area (Å²) in [4.78, 5) is 21.7. The standard InChI is InChI=1S/C9H14O4/c1-9(5-2-6-13-9)7(10)3-4-8(11)12/h2-6H2,1H3,(H,11,12). The van der Waals surface area contributed by atoms with Crippen molar-refractivity contribution in [3.05, 3.63) is 0 Å². The van der Waals surface area contributed by atoms with Gasteiger partial charge in [0.1, 0.15) is 5.60 Å². The molecule has 0 bridgehead atoms. The quantitative estimate of drug-likeness (QED) is 0.711. The van der Waals surface area contributed by atoms with Crippen LogP contribution in [0.4, 0.5) is 0 Å².